The number of nitrogens with zero attached hydrogens (tertiary/aromatic N) is 1. The Hall–Kier alpha value is -0.650. The zero-order valence-corrected chi connectivity index (χ0v) is 15.3. The van der Waals surface area contributed by atoms with Gasteiger partial charge in [0.15, 0.2) is 5.60 Å². The molecule has 3 heterocycles. The number of carbonyl (C=O) groups excluding carboxylic acids is 1. The molecule has 3 saturated heterocycles. The largest absolute Gasteiger partial charge is 0.371 e. The highest BCUT2D eigenvalue weighted by molar-refractivity contribution is 5.87. The van der Waals surface area contributed by atoms with Gasteiger partial charge in [-0.1, -0.05) is 13.3 Å². The summed E-state index contributed by atoms with van der Waals surface area (Å²) in [6, 6.07) is 0. The van der Waals surface area contributed by atoms with Gasteiger partial charge in [0, 0.05) is 23.9 Å². The second kappa shape index (κ2) is 5.71. The maximum atomic E-state index is 13.3. The molecule has 0 radical (unpaired) electrons. The topological polar surface area (TPSA) is 54.1 Å². The number of unbranched alkanes of at least 4 members (excludes halogenated alkanes) is 1. The molecule has 1 N–H and O–H groups in total. The molecule has 3 fully saturated rings. The molecule has 0 aromatic heterocycles. The normalized spacial score (nSPS) is 34.1. The van der Waals surface area contributed by atoms with E-state index in [1.807, 2.05) is 4.90 Å². The van der Waals surface area contributed by atoms with Gasteiger partial charge in [0.25, 0.3) is 5.91 Å². The first-order valence-corrected chi connectivity index (χ1v) is 9.06. The van der Waals surface area contributed by atoms with Crippen molar-refractivity contribution in [2.24, 2.45) is 0 Å². The summed E-state index contributed by atoms with van der Waals surface area (Å²) in [6.45, 7) is 12.3. The number of amides is 1. The van der Waals surface area contributed by atoms with Crippen molar-refractivity contribution in [1.29, 1.82) is 0 Å². The van der Waals surface area contributed by atoms with Crippen LogP contribution in [0, 0.1) is 0 Å². The molecule has 0 saturated carbocycles. The van der Waals surface area contributed by atoms with Crippen LogP contribution in [0.2, 0.25) is 0 Å². The number of hydrogen-bond acceptors (Lipinski definition) is 4. The van der Waals surface area contributed by atoms with E-state index in [1.54, 1.807) is 0 Å². The number of piperidine rings is 1. The maximum Gasteiger partial charge on any atom is 0.257 e. The molecule has 1 spiro atoms. The highest BCUT2D eigenvalue weighted by Crippen LogP contribution is 2.45. The van der Waals surface area contributed by atoms with E-state index >= 15 is 0 Å². The van der Waals surface area contributed by atoms with E-state index in [0.29, 0.717) is 6.54 Å². The Balaban J connectivity index is 1.84. The van der Waals surface area contributed by atoms with E-state index in [9.17, 15) is 4.79 Å². The van der Waals surface area contributed by atoms with E-state index in [1.165, 1.54) is 0 Å². The van der Waals surface area contributed by atoms with E-state index in [2.05, 4.69) is 39.9 Å². The average Bonchev–Trinajstić information content (AvgIpc) is 3.16. The summed E-state index contributed by atoms with van der Waals surface area (Å²) in [5.74, 6) is 0.178. The van der Waals surface area contributed by atoms with Crippen molar-refractivity contribution < 1.29 is 14.3 Å². The van der Waals surface area contributed by atoms with E-state index in [4.69, 9.17) is 9.47 Å². The van der Waals surface area contributed by atoms with E-state index in [-0.39, 0.29) is 29.3 Å². The second-order valence-corrected chi connectivity index (χ2v) is 8.87. The van der Waals surface area contributed by atoms with Gasteiger partial charge < -0.3 is 19.7 Å². The van der Waals surface area contributed by atoms with Gasteiger partial charge in [-0.25, -0.2) is 0 Å². The lowest BCUT2D eigenvalue weighted by atomic mass is 9.72. The summed E-state index contributed by atoms with van der Waals surface area (Å²) in [4.78, 5) is 15.3. The van der Waals surface area contributed by atoms with Crippen molar-refractivity contribution in [2.45, 2.75) is 95.7 Å². The van der Waals surface area contributed by atoms with Crippen LogP contribution in [0.4, 0.5) is 0 Å². The number of hydrogen-bond donors (Lipinski definition) is 1. The van der Waals surface area contributed by atoms with Gasteiger partial charge in [-0.15, -0.1) is 0 Å². The summed E-state index contributed by atoms with van der Waals surface area (Å²) in [7, 11) is 0. The standard InChI is InChI=1S/C18H32N2O3/c1-6-7-8-14-20(9-13-10-22-13)15(21)18(23-14)11-16(2,3)19-17(4,5)12-18/h13-14,19H,6-12H2,1-5H3. The molecule has 0 aliphatic carbocycles. The van der Waals surface area contributed by atoms with Crippen molar-refractivity contribution in [3.05, 3.63) is 0 Å². The average molecular weight is 324 g/mol. The summed E-state index contributed by atoms with van der Waals surface area (Å²) >= 11 is 0. The number of carbonyl (C=O) groups is 1. The van der Waals surface area contributed by atoms with Crippen LogP contribution in [0.5, 0.6) is 0 Å². The van der Waals surface area contributed by atoms with Gasteiger partial charge in [0.1, 0.15) is 6.23 Å². The minimum Gasteiger partial charge on any atom is -0.371 e. The predicted octanol–water partition coefficient (Wildman–Crippen LogP) is 2.44. The summed E-state index contributed by atoms with van der Waals surface area (Å²) < 4.78 is 11.9. The van der Waals surface area contributed by atoms with Crippen molar-refractivity contribution in [1.82, 2.24) is 10.2 Å². The third-order valence-corrected chi connectivity index (χ3v) is 5.10. The molecule has 2 atom stereocenters. The monoisotopic (exact) mass is 324 g/mol. The molecular weight excluding hydrogens is 292 g/mol. The van der Waals surface area contributed by atoms with Gasteiger partial charge in [0.05, 0.1) is 19.3 Å². The van der Waals surface area contributed by atoms with Crippen LogP contribution in [0.15, 0.2) is 0 Å². The molecule has 1 amide bonds. The number of nitrogens with one attached hydrogen (secondary N) is 1. The van der Waals surface area contributed by atoms with Gasteiger partial charge >= 0.3 is 0 Å². The molecule has 2 unspecified atom stereocenters. The fraction of sp³-hybridized carbons (Fsp3) is 0.944. The minimum absolute atomic E-state index is 0.0867. The Morgan fingerprint density at radius 3 is 2.35 bits per heavy atom. The Bertz CT molecular complexity index is 455. The quantitative estimate of drug-likeness (QED) is 0.789. The zero-order chi connectivity index (χ0) is 16.9. The van der Waals surface area contributed by atoms with Crippen molar-refractivity contribution in [3.63, 3.8) is 0 Å². The molecule has 3 aliphatic rings. The second-order valence-electron chi connectivity index (χ2n) is 8.87. The van der Waals surface area contributed by atoms with Crippen LogP contribution < -0.4 is 5.32 Å². The van der Waals surface area contributed by atoms with Gasteiger partial charge in [-0.05, 0) is 40.5 Å². The fourth-order valence-corrected chi connectivity index (χ4v) is 4.68. The van der Waals surface area contributed by atoms with Crippen LogP contribution >= 0.6 is 0 Å². The third kappa shape index (κ3) is 3.57. The Labute approximate surface area is 140 Å². The van der Waals surface area contributed by atoms with Crippen LogP contribution in [-0.2, 0) is 14.3 Å². The van der Waals surface area contributed by atoms with Crippen molar-refractivity contribution >= 4 is 5.91 Å². The zero-order valence-electron chi connectivity index (χ0n) is 15.3. The lowest BCUT2D eigenvalue weighted by molar-refractivity contribution is -0.147. The molecule has 5 nitrogen and oxygen atoms in total. The molecular formula is C18H32N2O3. The number of rotatable bonds is 5. The summed E-state index contributed by atoms with van der Waals surface area (Å²) in [5, 5.41) is 3.65. The first kappa shape index (κ1) is 17.2. The summed E-state index contributed by atoms with van der Waals surface area (Å²) in [5.41, 5.74) is -0.900. The fourth-order valence-electron chi connectivity index (χ4n) is 4.68. The number of epoxide rings is 1. The first-order valence-electron chi connectivity index (χ1n) is 9.06. The number of ether oxygens (including phenoxy) is 2. The Kier molecular flexibility index (Phi) is 4.27. The molecule has 0 aromatic rings. The predicted molar refractivity (Wildman–Crippen MR) is 89.1 cm³/mol. The summed E-state index contributed by atoms with van der Waals surface area (Å²) in [6.07, 6.45) is 4.71. The SMILES string of the molecule is CCCCC1OC2(CC(C)(C)NC(C)(C)C2)C(=O)N1CC1CO1. The molecule has 23 heavy (non-hydrogen) atoms. The Morgan fingerprint density at radius 1 is 1.22 bits per heavy atom. The molecule has 132 valence electrons. The lowest BCUT2D eigenvalue weighted by Gasteiger charge is -2.49. The van der Waals surface area contributed by atoms with Gasteiger partial charge in [-0.3, -0.25) is 4.79 Å². The van der Waals surface area contributed by atoms with Crippen molar-refractivity contribution in [3.8, 4) is 0 Å². The molecule has 0 bridgehead atoms. The van der Waals surface area contributed by atoms with Crippen molar-refractivity contribution in [2.75, 3.05) is 13.2 Å². The highest BCUT2D eigenvalue weighted by atomic mass is 16.6. The molecule has 3 aliphatic heterocycles. The highest BCUT2D eigenvalue weighted by Gasteiger charge is 2.59. The molecule has 5 heteroatoms. The van der Waals surface area contributed by atoms with E-state index in [0.717, 1.165) is 38.7 Å². The minimum atomic E-state index is -0.675. The first-order chi connectivity index (χ1) is 10.7. The lowest BCUT2D eigenvalue weighted by Crippen LogP contribution is -2.65. The third-order valence-electron chi connectivity index (χ3n) is 5.10. The molecule has 3 rings (SSSR count). The van der Waals surface area contributed by atoms with Gasteiger partial charge in [0.2, 0.25) is 0 Å². The van der Waals surface area contributed by atoms with Gasteiger partial charge in [-0.2, -0.15) is 0 Å². The van der Waals surface area contributed by atoms with Crippen LogP contribution in [0.25, 0.3) is 0 Å². The van der Waals surface area contributed by atoms with Crippen LogP contribution in [-0.4, -0.2) is 53.0 Å². The maximum absolute atomic E-state index is 13.3. The Morgan fingerprint density at radius 2 is 1.83 bits per heavy atom. The van der Waals surface area contributed by atoms with E-state index < -0.39 is 5.60 Å². The smallest absolute Gasteiger partial charge is 0.257 e. The van der Waals surface area contributed by atoms with Crippen LogP contribution in [0.1, 0.15) is 66.7 Å². The van der Waals surface area contributed by atoms with Crippen LogP contribution in [0.3, 0.4) is 0 Å². The molecule has 0 aromatic carbocycles.